The number of carbonyl (C=O) groups is 1. The van der Waals surface area contributed by atoms with Crippen molar-refractivity contribution in [3.05, 3.63) is 35.9 Å². The van der Waals surface area contributed by atoms with Crippen molar-refractivity contribution in [2.45, 2.75) is 51.6 Å². The van der Waals surface area contributed by atoms with Crippen LogP contribution in [0.15, 0.2) is 30.3 Å². The van der Waals surface area contributed by atoms with Gasteiger partial charge in [-0.25, -0.2) is 0 Å². The molecule has 1 aliphatic carbocycles. The van der Waals surface area contributed by atoms with Crippen LogP contribution in [0.2, 0.25) is 0 Å². The molecule has 2 atom stereocenters. The predicted molar refractivity (Wildman–Crippen MR) is 72.4 cm³/mol. The highest BCUT2D eigenvalue weighted by molar-refractivity contribution is 5.71. The molecule has 1 fully saturated rings. The molecule has 1 aromatic rings. The van der Waals surface area contributed by atoms with Crippen molar-refractivity contribution in [2.75, 3.05) is 0 Å². The lowest BCUT2D eigenvalue weighted by Crippen LogP contribution is -2.30. The van der Waals surface area contributed by atoms with E-state index in [9.17, 15) is 4.79 Å². The molecule has 98 valence electrons. The third kappa shape index (κ3) is 3.12. The minimum Gasteiger partial charge on any atom is -0.462 e. The number of ether oxygens (including phenoxy) is 1. The zero-order valence-electron chi connectivity index (χ0n) is 11.3. The molecule has 2 rings (SSSR count). The zero-order valence-corrected chi connectivity index (χ0v) is 11.3. The van der Waals surface area contributed by atoms with Crippen molar-refractivity contribution in [1.29, 1.82) is 0 Å². The first-order chi connectivity index (χ1) is 8.68. The Morgan fingerprint density at radius 3 is 2.50 bits per heavy atom. The number of carbonyl (C=O) groups excluding carboxylic acids is 1. The Bertz CT molecular complexity index is 383. The van der Waals surface area contributed by atoms with E-state index in [-0.39, 0.29) is 18.0 Å². The second kappa shape index (κ2) is 6.03. The Morgan fingerprint density at radius 1 is 1.17 bits per heavy atom. The molecule has 2 nitrogen and oxygen atoms in total. The molecule has 0 N–H and O–H groups in total. The quantitative estimate of drug-likeness (QED) is 0.756. The summed E-state index contributed by atoms with van der Waals surface area (Å²) in [5, 5.41) is 0. The van der Waals surface area contributed by atoms with Gasteiger partial charge in [0.25, 0.3) is 0 Å². The fourth-order valence-corrected chi connectivity index (χ4v) is 2.60. The van der Waals surface area contributed by atoms with E-state index >= 15 is 0 Å². The van der Waals surface area contributed by atoms with Crippen LogP contribution in [0.1, 0.15) is 51.0 Å². The molecular weight excluding hydrogens is 224 g/mol. The molecule has 1 aromatic carbocycles. The van der Waals surface area contributed by atoms with Gasteiger partial charge in [0.1, 0.15) is 6.10 Å². The van der Waals surface area contributed by atoms with Crippen molar-refractivity contribution in [3.63, 3.8) is 0 Å². The molecule has 1 aliphatic rings. The van der Waals surface area contributed by atoms with Gasteiger partial charge in [0, 0.05) is 5.92 Å². The van der Waals surface area contributed by atoms with E-state index in [1.165, 1.54) is 18.4 Å². The van der Waals surface area contributed by atoms with E-state index < -0.39 is 0 Å². The van der Waals surface area contributed by atoms with E-state index in [4.69, 9.17) is 4.74 Å². The maximum absolute atomic E-state index is 11.8. The smallest absolute Gasteiger partial charge is 0.308 e. The summed E-state index contributed by atoms with van der Waals surface area (Å²) < 4.78 is 5.68. The fraction of sp³-hybridized carbons (Fsp3) is 0.562. The van der Waals surface area contributed by atoms with Crippen LogP contribution in [-0.4, -0.2) is 12.1 Å². The standard InChI is InChI=1S/C16H22O2/c1-12(2)16(17)18-15-11-7-6-10-14(15)13-8-4-3-5-9-13/h3-5,8-9,12,14-15H,6-7,10-11H2,1-2H3/t14-,15?/m0/s1. The number of hydrogen-bond acceptors (Lipinski definition) is 2. The van der Waals surface area contributed by atoms with E-state index in [0.29, 0.717) is 5.92 Å². The lowest BCUT2D eigenvalue weighted by atomic mass is 9.81. The van der Waals surface area contributed by atoms with Crippen molar-refractivity contribution >= 4 is 5.97 Å². The first-order valence-electron chi connectivity index (χ1n) is 6.94. The maximum atomic E-state index is 11.8. The highest BCUT2D eigenvalue weighted by atomic mass is 16.5. The maximum Gasteiger partial charge on any atom is 0.308 e. The van der Waals surface area contributed by atoms with Gasteiger partial charge in [-0.15, -0.1) is 0 Å². The summed E-state index contributed by atoms with van der Waals surface area (Å²) in [5.41, 5.74) is 1.30. The summed E-state index contributed by atoms with van der Waals surface area (Å²) in [4.78, 5) is 11.8. The van der Waals surface area contributed by atoms with Gasteiger partial charge in [0.15, 0.2) is 0 Å². The van der Waals surface area contributed by atoms with E-state index in [1.54, 1.807) is 0 Å². The van der Waals surface area contributed by atoms with Gasteiger partial charge in [-0.3, -0.25) is 4.79 Å². The van der Waals surface area contributed by atoms with Crippen LogP contribution in [0.25, 0.3) is 0 Å². The normalized spacial score (nSPS) is 23.9. The monoisotopic (exact) mass is 246 g/mol. The molecule has 0 aliphatic heterocycles. The summed E-state index contributed by atoms with van der Waals surface area (Å²) in [5.74, 6) is 0.272. The van der Waals surface area contributed by atoms with Crippen molar-refractivity contribution < 1.29 is 9.53 Å². The minimum absolute atomic E-state index is 0.0386. The van der Waals surface area contributed by atoms with Crippen molar-refractivity contribution in [1.82, 2.24) is 0 Å². The Balaban J connectivity index is 2.09. The molecule has 0 bridgehead atoms. The highest BCUT2D eigenvalue weighted by Gasteiger charge is 2.29. The van der Waals surface area contributed by atoms with Gasteiger partial charge in [-0.1, -0.05) is 50.6 Å². The summed E-state index contributed by atoms with van der Waals surface area (Å²) >= 11 is 0. The van der Waals surface area contributed by atoms with Crippen LogP contribution in [0.4, 0.5) is 0 Å². The van der Waals surface area contributed by atoms with E-state index in [0.717, 1.165) is 12.8 Å². The Hall–Kier alpha value is -1.31. The molecular formula is C16H22O2. The van der Waals surface area contributed by atoms with Crippen molar-refractivity contribution in [3.8, 4) is 0 Å². The van der Waals surface area contributed by atoms with Gasteiger partial charge in [0.2, 0.25) is 0 Å². The van der Waals surface area contributed by atoms with Gasteiger partial charge >= 0.3 is 5.97 Å². The molecule has 1 saturated carbocycles. The zero-order chi connectivity index (χ0) is 13.0. The second-order valence-electron chi connectivity index (χ2n) is 5.43. The third-order valence-corrected chi connectivity index (χ3v) is 3.67. The van der Waals surface area contributed by atoms with Crippen molar-refractivity contribution in [2.24, 2.45) is 5.92 Å². The minimum atomic E-state index is -0.0668. The van der Waals surface area contributed by atoms with Crippen LogP contribution in [-0.2, 0) is 9.53 Å². The van der Waals surface area contributed by atoms with Gasteiger partial charge in [0.05, 0.1) is 5.92 Å². The summed E-state index contributed by atoms with van der Waals surface area (Å²) in [6.07, 6.45) is 4.59. The van der Waals surface area contributed by atoms with Crippen LogP contribution in [0, 0.1) is 5.92 Å². The summed E-state index contributed by atoms with van der Waals surface area (Å²) in [6, 6.07) is 10.4. The van der Waals surface area contributed by atoms with Gasteiger partial charge in [-0.05, 0) is 24.8 Å². The molecule has 0 heterocycles. The molecule has 1 unspecified atom stereocenters. The lowest BCUT2D eigenvalue weighted by Gasteiger charge is -2.32. The molecule has 0 amide bonds. The topological polar surface area (TPSA) is 26.3 Å². The van der Waals surface area contributed by atoms with Crippen LogP contribution >= 0.6 is 0 Å². The lowest BCUT2D eigenvalue weighted by molar-refractivity contribution is -0.155. The molecule has 0 spiro atoms. The Labute approximate surface area is 109 Å². The molecule has 0 saturated heterocycles. The van der Waals surface area contributed by atoms with Crippen LogP contribution < -0.4 is 0 Å². The van der Waals surface area contributed by atoms with Crippen LogP contribution in [0.3, 0.4) is 0 Å². The average molecular weight is 246 g/mol. The van der Waals surface area contributed by atoms with Gasteiger partial charge < -0.3 is 4.74 Å². The highest BCUT2D eigenvalue weighted by Crippen LogP contribution is 2.35. The Morgan fingerprint density at radius 2 is 1.83 bits per heavy atom. The number of esters is 1. The largest absolute Gasteiger partial charge is 0.462 e. The molecule has 18 heavy (non-hydrogen) atoms. The first-order valence-corrected chi connectivity index (χ1v) is 6.94. The average Bonchev–Trinajstić information content (AvgIpc) is 2.40. The summed E-state index contributed by atoms with van der Waals surface area (Å²) in [7, 11) is 0. The van der Waals surface area contributed by atoms with Gasteiger partial charge in [-0.2, -0.15) is 0 Å². The molecule has 0 aromatic heterocycles. The molecule has 0 radical (unpaired) electrons. The number of benzene rings is 1. The van der Waals surface area contributed by atoms with E-state index in [2.05, 4.69) is 24.3 Å². The number of hydrogen-bond donors (Lipinski definition) is 0. The fourth-order valence-electron chi connectivity index (χ4n) is 2.60. The number of rotatable bonds is 3. The first kappa shape index (κ1) is 13.1. The van der Waals surface area contributed by atoms with E-state index in [1.807, 2.05) is 19.9 Å². The second-order valence-corrected chi connectivity index (χ2v) is 5.43. The molecule has 2 heteroatoms. The predicted octanol–water partition coefficient (Wildman–Crippen LogP) is 3.91. The van der Waals surface area contributed by atoms with Crippen LogP contribution in [0.5, 0.6) is 0 Å². The summed E-state index contributed by atoms with van der Waals surface area (Å²) in [6.45, 7) is 3.78. The third-order valence-electron chi connectivity index (χ3n) is 3.67. The Kier molecular flexibility index (Phi) is 4.40. The SMILES string of the molecule is CC(C)C(=O)OC1CCCC[C@H]1c1ccccc1.